The number of halogens is 4. The van der Waals surface area contributed by atoms with Crippen LogP contribution in [0.2, 0.25) is 5.02 Å². The van der Waals surface area contributed by atoms with Gasteiger partial charge < -0.3 is 4.74 Å². The number of nitro groups is 1. The van der Waals surface area contributed by atoms with E-state index >= 15 is 0 Å². The molecule has 1 atom stereocenters. The van der Waals surface area contributed by atoms with E-state index in [1.54, 1.807) is 20.8 Å². The average Bonchev–Trinajstić information content (AvgIpc) is 2.78. The molecule has 1 N–H and O–H groups in total. The van der Waals surface area contributed by atoms with Gasteiger partial charge in [-0.15, -0.1) is 0 Å². The lowest BCUT2D eigenvalue weighted by Gasteiger charge is -2.25. The van der Waals surface area contributed by atoms with Crippen LogP contribution < -0.4 is 10.4 Å². The van der Waals surface area contributed by atoms with Crippen LogP contribution in [0.25, 0.3) is 0 Å². The van der Waals surface area contributed by atoms with Crippen LogP contribution in [0.1, 0.15) is 26.3 Å². The van der Waals surface area contributed by atoms with Crippen LogP contribution in [-0.4, -0.2) is 17.2 Å². The minimum Gasteiger partial charge on any atom is -0.427 e. The summed E-state index contributed by atoms with van der Waals surface area (Å²) in [6.45, 7) is 5.22. The van der Waals surface area contributed by atoms with Gasteiger partial charge in [0.05, 0.1) is 15.5 Å². The monoisotopic (exact) mass is 367 g/mol. The summed E-state index contributed by atoms with van der Waals surface area (Å²) in [4.78, 5) is 22.1. The van der Waals surface area contributed by atoms with Gasteiger partial charge >= 0.3 is 12.3 Å². The lowest BCUT2D eigenvalue weighted by Crippen LogP contribution is -2.43. The topological polar surface area (TPSA) is 84.7 Å². The highest BCUT2D eigenvalue weighted by Crippen LogP contribution is 2.42. The number of nitro benzene ring substituents is 1. The number of hydrazine groups is 1. The molecule has 0 bridgehead atoms. The summed E-state index contributed by atoms with van der Waals surface area (Å²) in [5.74, 6) is 0. The maximum Gasteiger partial charge on any atom is 0.431 e. The van der Waals surface area contributed by atoms with Crippen molar-refractivity contribution < 1.29 is 27.6 Å². The third kappa shape index (κ3) is 3.39. The van der Waals surface area contributed by atoms with Gasteiger partial charge in [0.25, 0.3) is 5.69 Å². The van der Waals surface area contributed by atoms with Crippen molar-refractivity contribution in [2.45, 2.75) is 33.2 Å². The van der Waals surface area contributed by atoms with Crippen molar-refractivity contribution in [3.63, 3.8) is 0 Å². The molecule has 2 rings (SSSR count). The van der Waals surface area contributed by atoms with Crippen LogP contribution >= 0.6 is 11.6 Å². The lowest BCUT2D eigenvalue weighted by atomic mass is 9.95. The van der Waals surface area contributed by atoms with Crippen LogP contribution in [0.15, 0.2) is 12.1 Å². The molecule has 0 saturated carbocycles. The molecular weight excluding hydrogens is 355 g/mol. The predicted octanol–water partition coefficient (Wildman–Crippen LogP) is 4.10. The molecule has 1 fully saturated rings. The number of ether oxygens (including phenoxy) is 1. The predicted molar refractivity (Wildman–Crippen MR) is 78.4 cm³/mol. The molecule has 1 aliphatic heterocycles. The Bertz CT molecular complexity index is 703. The Labute approximate surface area is 139 Å². The Morgan fingerprint density at radius 3 is 2.33 bits per heavy atom. The first kappa shape index (κ1) is 18.3. The molecular formula is C13H13ClF3N3O4. The molecule has 1 heterocycles. The van der Waals surface area contributed by atoms with Gasteiger partial charge in [-0.25, -0.2) is 4.79 Å². The standard InChI is InChI=1S/C13H13ClF3N3O4/c1-12(2,3)10-18-19(11(21)24-10)9-7(14)4-6(13(15,16)17)5-8(9)20(22)23/h4-5,10,18H,1-3H3. The summed E-state index contributed by atoms with van der Waals surface area (Å²) in [7, 11) is 0. The zero-order valence-electron chi connectivity index (χ0n) is 12.8. The highest BCUT2D eigenvalue weighted by atomic mass is 35.5. The molecule has 1 saturated heterocycles. The number of hydrogen-bond acceptors (Lipinski definition) is 5. The number of nitrogens with one attached hydrogen (secondary N) is 1. The highest BCUT2D eigenvalue weighted by Gasteiger charge is 2.43. The van der Waals surface area contributed by atoms with E-state index in [-0.39, 0.29) is 0 Å². The molecule has 0 spiro atoms. The second-order valence-corrected chi connectivity index (χ2v) is 6.58. The number of nitrogens with zero attached hydrogens (tertiary/aromatic N) is 2. The molecule has 24 heavy (non-hydrogen) atoms. The first-order valence-electron chi connectivity index (χ1n) is 6.64. The fourth-order valence-corrected chi connectivity index (χ4v) is 2.28. The van der Waals surface area contributed by atoms with Crippen molar-refractivity contribution >= 4 is 29.1 Å². The number of hydrogen-bond donors (Lipinski definition) is 1. The summed E-state index contributed by atoms with van der Waals surface area (Å²) in [5.41, 5.74) is -0.736. The SMILES string of the molecule is CC(C)(C)C1NN(c2c(Cl)cc(C(F)(F)F)cc2[N+](=O)[O-])C(=O)O1. The van der Waals surface area contributed by atoms with Crippen molar-refractivity contribution in [1.82, 2.24) is 5.43 Å². The first-order chi connectivity index (χ1) is 10.8. The summed E-state index contributed by atoms with van der Waals surface area (Å²) in [6.07, 6.45) is -6.65. The fourth-order valence-electron chi connectivity index (χ4n) is 1.98. The molecule has 1 amide bonds. The minimum absolute atomic E-state index is 0.320. The van der Waals surface area contributed by atoms with E-state index in [0.717, 1.165) is 0 Å². The van der Waals surface area contributed by atoms with Crippen LogP contribution in [-0.2, 0) is 10.9 Å². The number of benzene rings is 1. The van der Waals surface area contributed by atoms with E-state index in [0.29, 0.717) is 17.1 Å². The zero-order chi connectivity index (χ0) is 18.4. The normalized spacial score (nSPS) is 18.7. The number of carbonyl (C=O) groups is 1. The Hall–Kier alpha value is -2.07. The molecule has 132 valence electrons. The van der Waals surface area contributed by atoms with Gasteiger partial charge in [0.15, 0.2) is 11.9 Å². The third-order valence-electron chi connectivity index (χ3n) is 3.23. The van der Waals surface area contributed by atoms with Gasteiger partial charge in [-0.2, -0.15) is 23.6 Å². The van der Waals surface area contributed by atoms with Crippen molar-refractivity contribution in [1.29, 1.82) is 0 Å². The third-order valence-corrected chi connectivity index (χ3v) is 3.51. The van der Waals surface area contributed by atoms with E-state index in [1.807, 2.05) is 0 Å². The second kappa shape index (κ2) is 5.78. The van der Waals surface area contributed by atoms with E-state index < -0.39 is 50.8 Å². The molecule has 11 heteroatoms. The van der Waals surface area contributed by atoms with E-state index in [2.05, 4.69) is 5.43 Å². The molecule has 0 aliphatic carbocycles. The zero-order valence-corrected chi connectivity index (χ0v) is 13.5. The van der Waals surface area contributed by atoms with Gasteiger partial charge in [0.1, 0.15) is 0 Å². The molecule has 1 aromatic carbocycles. The summed E-state index contributed by atoms with van der Waals surface area (Å²) in [6, 6.07) is 0.837. The van der Waals surface area contributed by atoms with Crippen LogP contribution in [0.3, 0.4) is 0 Å². The molecule has 0 aromatic heterocycles. The molecule has 0 radical (unpaired) electrons. The molecule has 1 aromatic rings. The molecule has 1 unspecified atom stereocenters. The molecule has 1 aliphatic rings. The Morgan fingerprint density at radius 2 is 1.92 bits per heavy atom. The van der Waals surface area contributed by atoms with Crippen LogP contribution in [0, 0.1) is 15.5 Å². The Morgan fingerprint density at radius 1 is 1.33 bits per heavy atom. The van der Waals surface area contributed by atoms with E-state index in [9.17, 15) is 28.1 Å². The van der Waals surface area contributed by atoms with Gasteiger partial charge in [-0.3, -0.25) is 10.1 Å². The summed E-state index contributed by atoms with van der Waals surface area (Å²) < 4.78 is 43.5. The van der Waals surface area contributed by atoms with Crippen LogP contribution in [0.5, 0.6) is 0 Å². The number of alkyl halides is 3. The quantitative estimate of drug-likeness (QED) is 0.628. The van der Waals surface area contributed by atoms with Crippen molar-refractivity contribution in [2.75, 3.05) is 5.01 Å². The van der Waals surface area contributed by atoms with Gasteiger partial charge in [-0.1, -0.05) is 32.4 Å². The average molecular weight is 368 g/mol. The maximum atomic E-state index is 12.8. The smallest absolute Gasteiger partial charge is 0.427 e. The van der Waals surface area contributed by atoms with Crippen molar-refractivity contribution in [3.05, 3.63) is 32.8 Å². The molecule has 7 nitrogen and oxygen atoms in total. The van der Waals surface area contributed by atoms with Crippen molar-refractivity contribution in [3.8, 4) is 0 Å². The number of carbonyl (C=O) groups excluding carboxylic acids is 1. The minimum atomic E-state index is -4.82. The van der Waals surface area contributed by atoms with E-state index in [1.165, 1.54) is 0 Å². The van der Waals surface area contributed by atoms with Gasteiger partial charge in [0, 0.05) is 11.5 Å². The fraction of sp³-hybridized carbons (Fsp3) is 0.462. The number of anilines is 1. The van der Waals surface area contributed by atoms with Crippen LogP contribution in [0.4, 0.5) is 29.3 Å². The lowest BCUT2D eigenvalue weighted by molar-refractivity contribution is -0.384. The first-order valence-corrected chi connectivity index (χ1v) is 7.02. The Kier molecular flexibility index (Phi) is 4.40. The van der Waals surface area contributed by atoms with Crippen molar-refractivity contribution in [2.24, 2.45) is 5.41 Å². The number of rotatable bonds is 2. The largest absolute Gasteiger partial charge is 0.431 e. The second-order valence-electron chi connectivity index (χ2n) is 6.18. The van der Waals surface area contributed by atoms with Gasteiger partial charge in [0.2, 0.25) is 0 Å². The summed E-state index contributed by atoms with van der Waals surface area (Å²) in [5, 5.41) is 11.2. The Balaban J connectivity index is 2.55. The maximum absolute atomic E-state index is 12.8. The highest BCUT2D eigenvalue weighted by molar-refractivity contribution is 6.34. The summed E-state index contributed by atoms with van der Waals surface area (Å²) >= 11 is 5.80. The van der Waals surface area contributed by atoms with E-state index in [4.69, 9.17) is 16.3 Å². The number of cyclic esters (lactones) is 1. The number of amides is 1. The van der Waals surface area contributed by atoms with Gasteiger partial charge in [-0.05, 0) is 6.07 Å².